The highest BCUT2D eigenvalue weighted by Gasteiger charge is 2.25. The molecule has 0 atom stereocenters. The van der Waals surface area contributed by atoms with Crippen LogP contribution in [0, 0.1) is 0 Å². The monoisotopic (exact) mass is 471 g/mol. The van der Waals surface area contributed by atoms with Crippen LogP contribution in [0.25, 0.3) is 11.4 Å². The van der Waals surface area contributed by atoms with E-state index in [0.29, 0.717) is 47.7 Å². The number of thioether (sulfide) groups is 1. The molecule has 3 N–H and O–H groups in total. The van der Waals surface area contributed by atoms with Crippen molar-refractivity contribution in [1.29, 1.82) is 0 Å². The summed E-state index contributed by atoms with van der Waals surface area (Å²) in [6.45, 7) is 1.89. The number of piperazine rings is 1. The molecule has 4 rings (SSSR count). The van der Waals surface area contributed by atoms with Crippen molar-refractivity contribution >= 4 is 41.0 Å². The summed E-state index contributed by atoms with van der Waals surface area (Å²) in [5.41, 5.74) is 1.42. The summed E-state index contributed by atoms with van der Waals surface area (Å²) >= 11 is 7.43. The van der Waals surface area contributed by atoms with Gasteiger partial charge in [-0.05, 0) is 24.3 Å². The Morgan fingerprint density at radius 1 is 0.969 bits per heavy atom. The Morgan fingerprint density at radius 3 is 2.34 bits per heavy atom. The average molecular weight is 472 g/mol. The van der Waals surface area contributed by atoms with E-state index in [1.807, 2.05) is 48.5 Å². The quantitative estimate of drug-likeness (QED) is 0.437. The average Bonchev–Trinajstić information content (AvgIpc) is 3.18. The molecule has 0 spiro atoms. The smallest absolute Gasteiger partial charge is 0.321 e. The largest absolute Gasteiger partial charge is 0.338 e. The molecule has 32 heavy (non-hydrogen) atoms. The number of carbonyl (C=O) groups excluding carboxylic acids is 2. The Labute approximate surface area is 194 Å². The molecule has 1 aliphatic rings. The molecule has 0 radical (unpaired) electrons. The van der Waals surface area contributed by atoms with Gasteiger partial charge >= 0.3 is 6.03 Å². The van der Waals surface area contributed by atoms with Gasteiger partial charge in [-0.15, -0.1) is 10.2 Å². The molecule has 1 saturated heterocycles. The molecule has 0 unspecified atom stereocenters. The van der Waals surface area contributed by atoms with Crippen molar-refractivity contribution in [3.63, 3.8) is 0 Å². The lowest BCUT2D eigenvalue weighted by Gasteiger charge is -2.34. The van der Waals surface area contributed by atoms with Gasteiger partial charge in [0.05, 0.1) is 10.8 Å². The zero-order valence-electron chi connectivity index (χ0n) is 17.1. The van der Waals surface area contributed by atoms with Gasteiger partial charge in [0.15, 0.2) is 5.82 Å². The number of nitrogens with two attached hydrogens (primary N) is 1. The summed E-state index contributed by atoms with van der Waals surface area (Å²) in [7, 11) is 0. The molecular weight excluding hydrogens is 450 g/mol. The van der Waals surface area contributed by atoms with Gasteiger partial charge in [0.2, 0.25) is 11.1 Å². The van der Waals surface area contributed by atoms with Crippen LogP contribution >= 0.6 is 23.4 Å². The number of nitrogen functional groups attached to an aromatic ring is 1. The summed E-state index contributed by atoms with van der Waals surface area (Å²) in [5.74, 6) is 6.69. The molecule has 0 saturated carbocycles. The second-order valence-corrected chi connectivity index (χ2v) is 8.46. The van der Waals surface area contributed by atoms with E-state index in [0.717, 1.165) is 5.69 Å². The minimum Gasteiger partial charge on any atom is -0.338 e. The van der Waals surface area contributed by atoms with Crippen molar-refractivity contribution in [3.8, 4) is 11.4 Å². The summed E-state index contributed by atoms with van der Waals surface area (Å²) < 4.78 is 1.34. The van der Waals surface area contributed by atoms with Crippen LogP contribution in [-0.4, -0.2) is 68.5 Å². The number of anilines is 1. The molecule has 166 valence electrons. The fourth-order valence-corrected chi connectivity index (χ4v) is 4.28. The number of hydrogen-bond acceptors (Lipinski definition) is 6. The molecule has 0 bridgehead atoms. The maximum Gasteiger partial charge on any atom is 0.321 e. The highest BCUT2D eigenvalue weighted by Crippen LogP contribution is 2.27. The molecule has 0 aliphatic carbocycles. The molecule has 2 aromatic carbocycles. The zero-order chi connectivity index (χ0) is 22.5. The maximum atomic E-state index is 12.6. The van der Waals surface area contributed by atoms with Gasteiger partial charge in [-0.25, -0.2) is 9.47 Å². The molecule has 3 amide bonds. The van der Waals surface area contributed by atoms with Crippen LogP contribution in [0.3, 0.4) is 0 Å². The van der Waals surface area contributed by atoms with E-state index in [1.165, 1.54) is 16.4 Å². The van der Waals surface area contributed by atoms with E-state index in [4.69, 9.17) is 17.4 Å². The Hall–Kier alpha value is -3.24. The van der Waals surface area contributed by atoms with Crippen LogP contribution in [0.5, 0.6) is 0 Å². The minimum absolute atomic E-state index is 0.0413. The minimum atomic E-state index is -0.166. The normalized spacial score (nSPS) is 13.8. The summed E-state index contributed by atoms with van der Waals surface area (Å²) in [6, 6.07) is 16.3. The highest BCUT2D eigenvalue weighted by molar-refractivity contribution is 7.99. The van der Waals surface area contributed by atoms with E-state index < -0.39 is 0 Å². The van der Waals surface area contributed by atoms with Gasteiger partial charge in [-0.1, -0.05) is 53.7 Å². The van der Waals surface area contributed by atoms with E-state index in [2.05, 4.69) is 15.5 Å². The van der Waals surface area contributed by atoms with Crippen molar-refractivity contribution in [3.05, 3.63) is 59.6 Å². The van der Waals surface area contributed by atoms with E-state index in [-0.39, 0.29) is 17.7 Å². The second kappa shape index (κ2) is 9.92. The molecule has 11 heteroatoms. The van der Waals surface area contributed by atoms with Gasteiger partial charge in [-0.3, -0.25) is 4.79 Å². The fourth-order valence-electron chi connectivity index (χ4n) is 3.30. The number of nitrogens with zero attached hydrogens (tertiary/aromatic N) is 5. The SMILES string of the molecule is Nn1c(SCC(=O)N2CCN(C(=O)Nc3ccccc3)CC2)nnc1-c1ccccc1Cl. The fraction of sp³-hybridized carbons (Fsp3) is 0.238. The van der Waals surface area contributed by atoms with Crippen LogP contribution in [0.1, 0.15) is 0 Å². The zero-order valence-corrected chi connectivity index (χ0v) is 18.7. The first-order chi connectivity index (χ1) is 15.5. The van der Waals surface area contributed by atoms with Gasteiger partial charge in [0.25, 0.3) is 0 Å². The lowest BCUT2D eigenvalue weighted by Crippen LogP contribution is -2.52. The number of nitrogens with one attached hydrogen (secondary N) is 1. The predicted octanol–water partition coefficient (Wildman–Crippen LogP) is 2.78. The van der Waals surface area contributed by atoms with Gasteiger partial charge in [0, 0.05) is 37.4 Å². The van der Waals surface area contributed by atoms with Crippen LogP contribution in [0.4, 0.5) is 10.5 Å². The lowest BCUT2D eigenvalue weighted by molar-refractivity contribution is -0.129. The van der Waals surface area contributed by atoms with Crippen molar-refractivity contribution < 1.29 is 9.59 Å². The molecule has 1 fully saturated rings. The molecule has 2 heterocycles. The summed E-state index contributed by atoms with van der Waals surface area (Å²) in [4.78, 5) is 28.5. The topological polar surface area (TPSA) is 109 Å². The van der Waals surface area contributed by atoms with Crippen molar-refractivity contribution in [2.75, 3.05) is 43.1 Å². The number of carbonyl (C=O) groups is 2. The second-order valence-electron chi connectivity index (χ2n) is 7.11. The summed E-state index contributed by atoms with van der Waals surface area (Å²) in [6.07, 6.45) is 0. The van der Waals surface area contributed by atoms with Gasteiger partial charge < -0.3 is 21.0 Å². The number of halogens is 1. The van der Waals surface area contributed by atoms with Crippen LogP contribution in [0.15, 0.2) is 59.8 Å². The third kappa shape index (κ3) is 4.97. The molecular formula is C21H22ClN7O2S. The number of aromatic nitrogens is 3. The van der Waals surface area contributed by atoms with Crippen molar-refractivity contribution in [2.24, 2.45) is 0 Å². The lowest BCUT2D eigenvalue weighted by atomic mass is 10.2. The van der Waals surface area contributed by atoms with E-state index in [9.17, 15) is 9.59 Å². The Balaban J connectivity index is 1.28. The van der Waals surface area contributed by atoms with Gasteiger partial charge in [0.1, 0.15) is 0 Å². The Morgan fingerprint density at radius 2 is 1.62 bits per heavy atom. The standard InChI is InChI=1S/C21H22ClN7O2S/c22-17-9-5-4-8-16(17)19-25-26-21(29(19)23)32-14-18(30)27-10-12-28(13-11-27)20(31)24-15-6-2-1-3-7-15/h1-9H,10-14,23H2,(H,24,31). The van der Waals surface area contributed by atoms with E-state index >= 15 is 0 Å². The molecule has 3 aromatic rings. The third-order valence-electron chi connectivity index (χ3n) is 5.05. The molecule has 9 nitrogen and oxygen atoms in total. The Kier molecular flexibility index (Phi) is 6.81. The number of para-hydroxylation sites is 1. The van der Waals surface area contributed by atoms with Crippen molar-refractivity contribution in [1.82, 2.24) is 24.7 Å². The molecule has 1 aromatic heterocycles. The first kappa shape index (κ1) is 22.0. The Bertz CT molecular complexity index is 1100. The van der Waals surface area contributed by atoms with E-state index in [1.54, 1.807) is 15.9 Å². The predicted molar refractivity (Wildman–Crippen MR) is 125 cm³/mol. The number of benzene rings is 2. The van der Waals surface area contributed by atoms with Crippen LogP contribution in [-0.2, 0) is 4.79 Å². The highest BCUT2D eigenvalue weighted by atomic mass is 35.5. The maximum absolute atomic E-state index is 12.6. The van der Waals surface area contributed by atoms with Gasteiger partial charge in [-0.2, -0.15) is 0 Å². The number of amides is 3. The van der Waals surface area contributed by atoms with Crippen molar-refractivity contribution in [2.45, 2.75) is 5.16 Å². The first-order valence-electron chi connectivity index (χ1n) is 10.00. The van der Waals surface area contributed by atoms with Crippen LogP contribution in [0.2, 0.25) is 5.02 Å². The number of rotatable bonds is 5. The number of urea groups is 1. The summed E-state index contributed by atoms with van der Waals surface area (Å²) in [5, 5.41) is 12.0. The number of hydrogen-bond donors (Lipinski definition) is 2. The first-order valence-corrected chi connectivity index (χ1v) is 11.4. The molecule has 1 aliphatic heterocycles. The third-order valence-corrected chi connectivity index (χ3v) is 6.31. The van der Waals surface area contributed by atoms with Crippen LogP contribution < -0.4 is 11.2 Å².